The second-order valence-electron chi connectivity index (χ2n) is 9.35. The molecule has 1 aromatic heterocycles. The first kappa shape index (κ1) is 22.0. The molecule has 0 bridgehead atoms. The predicted molar refractivity (Wildman–Crippen MR) is 145 cm³/mol. The van der Waals surface area contributed by atoms with Crippen molar-refractivity contribution in [2.45, 2.75) is 13.0 Å². The van der Waals surface area contributed by atoms with Gasteiger partial charge in [-0.2, -0.15) is 0 Å². The Hall–Kier alpha value is -3.54. The second kappa shape index (κ2) is 9.61. The van der Waals surface area contributed by atoms with Gasteiger partial charge in [-0.25, -0.2) is 4.98 Å². The SMILES string of the molecule is O=C(Nc1ccc2scnc2c1)c1ccc(-c2ccccc2)c(CN2CCC3C=CC=CC3C2)c1. The Morgan fingerprint density at radius 2 is 1.86 bits per heavy atom. The average molecular weight is 478 g/mol. The van der Waals surface area contributed by atoms with Crippen molar-refractivity contribution in [3.8, 4) is 11.1 Å². The molecule has 1 fully saturated rings. The van der Waals surface area contributed by atoms with Crippen LogP contribution in [-0.2, 0) is 6.54 Å². The first-order chi connectivity index (χ1) is 17.2. The highest BCUT2D eigenvalue weighted by Gasteiger charge is 2.27. The average Bonchev–Trinajstić information content (AvgIpc) is 3.37. The Labute approximate surface area is 209 Å². The summed E-state index contributed by atoms with van der Waals surface area (Å²) in [6, 6.07) is 22.4. The van der Waals surface area contributed by atoms with E-state index < -0.39 is 0 Å². The van der Waals surface area contributed by atoms with Crippen LogP contribution in [0, 0.1) is 11.8 Å². The summed E-state index contributed by atoms with van der Waals surface area (Å²) < 4.78 is 1.12. The largest absolute Gasteiger partial charge is 0.322 e. The summed E-state index contributed by atoms with van der Waals surface area (Å²) in [5, 5.41) is 3.06. The molecule has 2 heterocycles. The molecule has 2 aliphatic rings. The number of thiazole rings is 1. The van der Waals surface area contributed by atoms with Gasteiger partial charge in [0.2, 0.25) is 0 Å². The molecule has 3 aromatic carbocycles. The summed E-state index contributed by atoms with van der Waals surface area (Å²) in [4.78, 5) is 20.1. The molecule has 6 rings (SSSR count). The number of hydrogen-bond donors (Lipinski definition) is 1. The summed E-state index contributed by atoms with van der Waals surface area (Å²) in [7, 11) is 0. The van der Waals surface area contributed by atoms with E-state index in [1.807, 2.05) is 35.8 Å². The Morgan fingerprint density at radius 3 is 2.74 bits per heavy atom. The van der Waals surface area contributed by atoms with Crippen LogP contribution >= 0.6 is 11.3 Å². The summed E-state index contributed by atoms with van der Waals surface area (Å²) in [6.07, 6.45) is 10.2. The zero-order chi connectivity index (χ0) is 23.6. The van der Waals surface area contributed by atoms with Crippen molar-refractivity contribution in [3.05, 3.63) is 108 Å². The fraction of sp³-hybridized carbons (Fsp3) is 0.200. The van der Waals surface area contributed by atoms with Gasteiger partial charge in [0, 0.05) is 24.3 Å². The molecule has 1 saturated heterocycles. The number of hydrogen-bond acceptors (Lipinski definition) is 4. The van der Waals surface area contributed by atoms with Crippen molar-refractivity contribution < 1.29 is 4.79 Å². The van der Waals surface area contributed by atoms with Gasteiger partial charge in [-0.05, 0) is 71.8 Å². The fourth-order valence-corrected chi connectivity index (χ4v) is 5.87. The number of nitrogens with one attached hydrogen (secondary N) is 1. The molecule has 5 heteroatoms. The predicted octanol–water partition coefficient (Wildman–Crippen LogP) is 6.78. The van der Waals surface area contributed by atoms with Crippen LogP contribution in [0.3, 0.4) is 0 Å². The Morgan fingerprint density at radius 1 is 1.00 bits per heavy atom. The first-order valence-corrected chi connectivity index (χ1v) is 13.0. The normalized spacial score (nSPS) is 19.5. The topological polar surface area (TPSA) is 45.2 Å². The third-order valence-corrected chi connectivity index (χ3v) is 7.87. The van der Waals surface area contributed by atoms with Crippen LogP contribution in [0.4, 0.5) is 5.69 Å². The third kappa shape index (κ3) is 4.70. The van der Waals surface area contributed by atoms with Gasteiger partial charge in [0.15, 0.2) is 0 Å². The van der Waals surface area contributed by atoms with E-state index in [1.165, 1.54) is 23.1 Å². The third-order valence-electron chi connectivity index (χ3n) is 7.06. The van der Waals surface area contributed by atoms with E-state index in [2.05, 4.69) is 75.9 Å². The van der Waals surface area contributed by atoms with Gasteiger partial charge in [0.1, 0.15) is 0 Å². The van der Waals surface area contributed by atoms with Gasteiger partial charge in [0.05, 0.1) is 15.7 Å². The number of nitrogens with zero attached hydrogens (tertiary/aromatic N) is 2. The van der Waals surface area contributed by atoms with Crippen LogP contribution in [-0.4, -0.2) is 28.9 Å². The quantitative estimate of drug-likeness (QED) is 0.345. The molecule has 35 heavy (non-hydrogen) atoms. The minimum absolute atomic E-state index is 0.0977. The lowest BCUT2D eigenvalue weighted by Gasteiger charge is -2.37. The summed E-state index contributed by atoms with van der Waals surface area (Å²) in [5.74, 6) is 1.12. The standard InChI is InChI=1S/C30H27N3OS/c34-30(32-26-11-13-29-28(17-26)31-20-35-29)23-10-12-27(22-7-2-1-3-8-22)25(16-23)19-33-15-14-21-6-4-5-9-24(21)18-33/h1-13,16-17,20-21,24H,14-15,18-19H2,(H,32,34). The summed E-state index contributed by atoms with van der Waals surface area (Å²) in [5.41, 5.74) is 7.73. The Balaban J connectivity index is 1.27. The van der Waals surface area contributed by atoms with Crippen LogP contribution in [0.15, 0.2) is 96.5 Å². The second-order valence-corrected chi connectivity index (χ2v) is 10.2. The van der Waals surface area contributed by atoms with E-state index in [0.717, 1.165) is 35.5 Å². The number of amides is 1. The Kier molecular flexibility index (Phi) is 6.03. The molecular weight excluding hydrogens is 450 g/mol. The smallest absolute Gasteiger partial charge is 0.255 e. The van der Waals surface area contributed by atoms with Crippen molar-refractivity contribution >= 4 is 33.1 Å². The highest BCUT2D eigenvalue weighted by Crippen LogP contribution is 2.32. The number of carbonyl (C=O) groups is 1. The van der Waals surface area contributed by atoms with Crippen LogP contribution in [0.25, 0.3) is 21.3 Å². The number of carbonyl (C=O) groups excluding carboxylic acids is 1. The number of piperidine rings is 1. The molecule has 0 spiro atoms. The monoisotopic (exact) mass is 477 g/mol. The van der Waals surface area contributed by atoms with E-state index in [1.54, 1.807) is 11.3 Å². The first-order valence-electron chi connectivity index (χ1n) is 12.1. The lowest BCUT2D eigenvalue weighted by molar-refractivity contribution is 0.102. The maximum atomic E-state index is 13.2. The number of rotatable bonds is 5. The number of benzene rings is 3. The van der Waals surface area contributed by atoms with Gasteiger partial charge >= 0.3 is 0 Å². The summed E-state index contributed by atoms with van der Waals surface area (Å²) >= 11 is 1.60. The van der Waals surface area contributed by atoms with Crippen LogP contribution in [0.5, 0.6) is 0 Å². The van der Waals surface area contributed by atoms with Crippen LogP contribution < -0.4 is 5.32 Å². The molecule has 1 amide bonds. The van der Waals surface area contributed by atoms with Crippen molar-refractivity contribution in [3.63, 3.8) is 0 Å². The van der Waals surface area contributed by atoms with Crippen LogP contribution in [0.1, 0.15) is 22.3 Å². The molecule has 2 atom stereocenters. The van der Waals surface area contributed by atoms with E-state index in [4.69, 9.17) is 0 Å². The molecule has 1 N–H and O–H groups in total. The van der Waals surface area contributed by atoms with E-state index in [0.29, 0.717) is 17.4 Å². The molecule has 4 aromatic rings. The molecule has 0 saturated carbocycles. The molecule has 1 aliphatic heterocycles. The van der Waals surface area contributed by atoms with E-state index in [-0.39, 0.29) is 5.91 Å². The highest BCUT2D eigenvalue weighted by molar-refractivity contribution is 7.16. The van der Waals surface area contributed by atoms with Gasteiger partial charge in [-0.15, -0.1) is 11.3 Å². The Bertz CT molecular complexity index is 1420. The molecular formula is C30H27N3OS. The minimum Gasteiger partial charge on any atom is -0.322 e. The maximum absolute atomic E-state index is 13.2. The maximum Gasteiger partial charge on any atom is 0.255 e. The minimum atomic E-state index is -0.0977. The van der Waals surface area contributed by atoms with Gasteiger partial charge in [-0.1, -0.05) is 60.7 Å². The zero-order valence-corrected chi connectivity index (χ0v) is 20.2. The van der Waals surface area contributed by atoms with Crippen molar-refractivity contribution in [1.29, 1.82) is 0 Å². The van der Waals surface area contributed by atoms with E-state index >= 15 is 0 Å². The van der Waals surface area contributed by atoms with Crippen molar-refractivity contribution in [2.24, 2.45) is 11.8 Å². The van der Waals surface area contributed by atoms with Gasteiger partial charge in [-0.3, -0.25) is 9.69 Å². The molecule has 0 radical (unpaired) electrons. The molecule has 1 aliphatic carbocycles. The highest BCUT2D eigenvalue weighted by atomic mass is 32.1. The summed E-state index contributed by atoms with van der Waals surface area (Å²) in [6.45, 7) is 2.94. The number of fused-ring (bicyclic) bond motifs is 2. The lowest BCUT2D eigenvalue weighted by atomic mass is 9.82. The lowest BCUT2D eigenvalue weighted by Crippen LogP contribution is -2.39. The van der Waals surface area contributed by atoms with Crippen molar-refractivity contribution in [1.82, 2.24) is 9.88 Å². The number of allylic oxidation sites excluding steroid dienone is 3. The van der Waals surface area contributed by atoms with Crippen LogP contribution in [0.2, 0.25) is 0 Å². The zero-order valence-electron chi connectivity index (χ0n) is 19.4. The fourth-order valence-electron chi connectivity index (χ4n) is 5.22. The van der Waals surface area contributed by atoms with Gasteiger partial charge < -0.3 is 5.32 Å². The number of aromatic nitrogens is 1. The van der Waals surface area contributed by atoms with Gasteiger partial charge in [0.25, 0.3) is 5.91 Å². The van der Waals surface area contributed by atoms with E-state index in [9.17, 15) is 4.79 Å². The molecule has 4 nitrogen and oxygen atoms in total. The number of likely N-dealkylation sites (tertiary alicyclic amines) is 1. The molecule has 174 valence electrons. The molecule has 2 unspecified atom stereocenters. The van der Waals surface area contributed by atoms with Crippen molar-refractivity contribution in [2.75, 3.05) is 18.4 Å². The number of anilines is 1.